The highest BCUT2D eigenvalue weighted by Crippen LogP contribution is 2.13. The third kappa shape index (κ3) is 3.95. The molecule has 21 heavy (non-hydrogen) atoms. The lowest BCUT2D eigenvalue weighted by Gasteiger charge is -2.22. The van der Waals surface area contributed by atoms with Gasteiger partial charge >= 0.3 is 12.0 Å². The Balaban J connectivity index is 1.89. The van der Waals surface area contributed by atoms with Crippen molar-refractivity contribution in [2.75, 3.05) is 13.7 Å². The van der Waals surface area contributed by atoms with Gasteiger partial charge in [0.15, 0.2) is 0 Å². The molecule has 2 unspecified atom stereocenters. The summed E-state index contributed by atoms with van der Waals surface area (Å²) in [6.07, 6.45) is 0.867. The van der Waals surface area contributed by atoms with Gasteiger partial charge in [-0.15, -0.1) is 0 Å². The first-order chi connectivity index (χ1) is 9.97. The summed E-state index contributed by atoms with van der Waals surface area (Å²) >= 11 is 0. The monoisotopic (exact) mass is 292 g/mol. The summed E-state index contributed by atoms with van der Waals surface area (Å²) in [6.45, 7) is 3.04. The predicted octanol–water partition coefficient (Wildman–Crippen LogP) is 1.70. The summed E-state index contributed by atoms with van der Waals surface area (Å²) in [6, 6.07) is 6.41. The lowest BCUT2D eigenvalue weighted by molar-refractivity contribution is 0.0697. The van der Waals surface area contributed by atoms with E-state index in [0.717, 1.165) is 12.0 Å². The van der Waals surface area contributed by atoms with E-state index in [1.165, 1.54) is 12.1 Å². The van der Waals surface area contributed by atoms with E-state index in [4.69, 9.17) is 9.84 Å². The van der Waals surface area contributed by atoms with Crippen LogP contribution in [0.2, 0.25) is 0 Å². The molecule has 6 heteroatoms. The first-order valence-corrected chi connectivity index (χ1v) is 6.93. The number of nitrogens with one attached hydrogen (secondary N) is 1. The van der Waals surface area contributed by atoms with Gasteiger partial charge in [-0.1, -0.05) is 12.1 Å². The number of amides is 2. The molecular formula is C15H20N2O4. The molecule has 6 nitrogen and oxygen atoms in total. The van der Waals surface area contributed by atoms with Gasteiger partial charge in [-0.25, -0.2) is 9.59 Å². The van der Waals surface area contributed by atoms with Gasteiger partial charge in [-0.05, 0) is 31.0 Å². The van der Waals surface area contributed by atoms with Crippen LogP contribution in [0.15, 0.2) is 24.3 Å². The summed E-state index contributed by atoms with van der Waals surface area (Å²) in [5.74, 6) is -0.956. The highest BCUT2D eigenvalue weighted by molar-refractivity contribution is 5.87. The highest BCUT2D eigenvalue weighted by Gasteiger charge is 2.26. The summed E-state index contributed by atoms with van der Waals surface area (Å²) < 4.78 is 5.41. The molecule has 0 spiro atoms. The smallest absolute Gasteiger partial charge is 0.335 e. The molecule has 1 aromatic carbocycles. The molecule has 1 aliphatic heterocycles. The summed E-state index contributed by atoms with van der Waals surface area (Å²) in [7, 11) is 1.71. The number of carboxylic acid groups (broad SMARTS) is 1. The zero-order valence-corrected chi connectivity index (χ0v) is 12.2. The average molecular weight is 292 g/mol. The lowest BCUT2D eigenvalue weighted by Crippen LogP contribution is -2.45. The Morgan fingerprint density at radius 1 is 1.38 bits per heavy atom. The maximum atomic E-state index is 12.1. The summed E-state index contributed by atoms with van der Waals surface area (Å²) in [4.78, 5) is 24.4. The third-order valence-corrected chi connectivity index (χ3v) is 3.65. The molecule has 2 rings (SSSR count). The summed E-state index contributed by atoms with van der Waals surface area (Å²) in [5, 5.41) is 11.8. The SMILES string of the molecule is CC1OCCC1NC(=O)N(C)Cc1ccc(C(=O)O)cc1. The number of hydrogen-bond donors (Lipinski definition) is 2. The maximum Gasteiger partial charge on any atom is 0.335 e. The van der Waals surface area contributed by atoms with Crippen molar-refractivity contribution in [1.29, 1.82) is 0 Å². The molecule has 2 amide bonds. The van der Waals surface area contributed by atoms with Crippen molar-refractivity contribution >= 4 is 12.0 Å². The second kappa shape index (κ2) is 6.58. The third-order valence-electron chi connectivity index (χ3n) is 3.65. The van der Waals surface area contributed by atoms with Crippen LogP contribution in [0.25, 0.3) is 0 Å². The molecule has 1 saturated heterocycles. The number of carbonyl (C=O) groups excluding carboxylic acids is 1. The van der Waals surface area contributed by atoms with Crippen molar-refractivity contribution < 1.29 is 19.4 Å². The van der Waals surface area contributed by atoms with Crippen LogP contribution in [-0.4, -0.2) is 47.8 Å². The van der Waals surface area contributed by atoms with E-state index in [9.17, 15) is 9.59 Å². The molecule has 0 saturated carbocycles. The number of carbonyl (C=O) groups is 2. The van der Waals surface area contributed by atoms with Gasteiger partial charge in [0.25, 0.3) is 0 Å². The summed E-state index contributed by atoms with van der Waals surface area (Å²) in [5.41, 5.74) is 1.12. The van der Waals surface area contributed by atoms with E-state index in [0.29, 0.717) is 13.2 Å². The van der Waals surface area contributed by atoms with Crippen molar-refractivity contribution in [2.24, 2.45) is 0 Å². The van der Waals surface area contributed by atoms with Crippen LogP contribution in [0.1, 0.15) is 29.3 Å². The minimum atomic E-state index is -0.956. The number of aromatic carboxylic acids is 1. The number of benzene rings is 1. The largest absolute Gasteiger partial charge is 0.478 e. The molecule has 2 atom stereocenters. The van der Waals surface area contributed by atoms with E-state index in [-0.39, 0.29) is 23.7 Å². The predicted molar refractivity (Wildman–Crippen MR) is 77.2 cm³/mol. The Hall–Kier alpha value is -2.08. The van der Waals surface area contributed by atoms with Crippen LogP contribution >= 0.6 is 0 Å². The minimum absolute atomic E-state index is 0.0391. The molecule has 0 aromatic heterocycles. The van der Waals surface area contributed by atoms with Crippen LogP contribution in [0.3, 0.4) is 0 Å². The minimum Gasteiger partial charge on any atom is -0.478 e. The zero-order valence-electron chi connectivity index (χ0n) is 12.2. The normalized spacial score (nSPS) is 21.0. The average Bonchev–Trinajstić information content (AvgIpc) is 2.84. The fourth-order valence-electron chi connectivity index (χ4n) is 2.29. The molecule has 0 aliphatic carbocycles. The van der Waals surface area contributed by atoms with Crippen LogP contribution in [0.5, 0.6) is 0 Å². The Morgan fingerprint density at radius 2 is 2.05 bits per heavy atom. The number of hydrogen-bond acceptors (Lipinski definition) is 3. The molecule has 114 valence electrons. The van der Waals surface area contributed by atoms with Crippen LogP contribution in [-0.2, 0) is 11.3 Å². The van der Waals surface area contributed by atoms with E-state index in [1.807, 2.05) is 6.92 Å². The Morgan fingerprint density at radius 3 is 2.57 bits per heavy atom. The van der Waals surface area contributed by atoms with Crippen molar-refractivity contribution in [3.05, 3.63) is 35.4 Å². The quantitative estimate of drug-likeness (QED) is 0.885. The van der Waals surface area contributed by atoms with E-state index in [1.54, 1.807) is 24.1 Å². The van der Waals surface area contributed by atoms with Gasteiger partial charge in [-0.3, -0.25) is 0 Å². The van der Waals surface area contributed by atoms with Crippen LogP contribution < -0.4 is 5.32 Å². The fraction of sp³-hybridized carbons (Fsp3) is 0.467. The first kappa shape index (κ1) is 15.3. The second-order valence-corrected chi connectivity index (χ2v) is 5.28. The number of nitrogens with zero attached hydrogens (tertiary/aromatic N) is 1. The standard InChI is InChI=1S/C15H20N2O4/c1-10-13(7-8-21-10)16-15(20)17(2)9-11-3-5-12(6-4-11)14(18)19/h3-6,10,13H,7-9H2,1-2H3,(H,16,20)(H,18,19). The molecule has 1 aliphatic rings. The second-order valence-electron chi connectivity index (χ2n) is 5.28. The van der Waals surface area contributed by atoms with Crippen molar-refractivity contribution in [1.82, 2.24) is 10.2 Å². The van der Waals surface area contributed by atoms with Gasteiger partial charge in [-0.2, -0.15) is 0 Å². The van der Waals surface area contributed by atoms with Crippen LogP contribution in [0, 0.1) is 0 Å². The molecular weight excluding hydrogens is 272 g/mol. The van der Waals surface area contributed by atoms with E-state index in [2.05, 4.69) is 5.32 Å². The van der Waals surface area contributed by atoms with Gasteiger partial charge in [0, 0.05) is 20.2 Å². The molecule has 1 heterocycles. The number of urea groups is 1. The Bertz CT molecular complexity index is 515. The lowest BCUT2D eigenvalue weighted by atomic mass is 10.1. The van der Waals surface area contributed by atoms with Crippen molar-refractivity contribution in [3.63, 3.8) is 0 Å². The molecule has 1 fully saturated rings. The molecule has 2 N–H and O–H groups in total. The van der Waals surface area contributed by atoms with Crippen LogP contribution in [0.4, 0.5) is 4.79 Å². The van der Waals surface area contributed by atoms with Crippen molar-refractivity contribution in [3.8, 4) is 0 Å². The van der Waals surface area contributed by atoms with E-state index < -0.39 is 5.97 Å². The van der Waals surface area contributed by atoms with Crippen molar-refractivity contribution in [2.45, 2.75) is 32.0 Å². The number of rotatable bonds is 4. The number of ether oxygens (including phenoxy) is 1. The van der Waals surface area contributed by atoms with Gasteiger partial charge in [0.1, 0.15) is 0 Å². The van der Waals surface area contributed by atoms with Gasteiger partial charge in [0.2, 0.25) is 0 Å². The topological polar surface area (TPSA) is 78.9 Å². The maximum absolute atomic E-state index is 12.1. The van der Waals surface area contributed by atoms with Gasteiger partial charge in [0.05, 0.1) is 17.7 Å². The Labute approximate surface area is 123 Å². The molecule has 0 radical (unpaired) electrons. The Kier molecular flexibility index (Phi) is 4.80. The fourth-order valence-corrected chi connectivity index (χ4v) is 2.29. The number of carboxylic acids is 1. The molecule has 1 aromatic rings. The molecule has 0 bridgehead atoms. The zero-order chi connectivity index (χ0) is 15.4. The first-order valence-electron chi connectivity index (χ1n) is 6.93. The van der Waals surface area contributed by atoms with E-state index >= 15 is 0 Å². The highest BCUT2D eigenvalue weighted by atomic mass is 16.5. The van der Waals surface area contributed by atoms with Gasteiger partial charge < -0.3 is 20.1 Å².